The summed E-state index contributed by atoms with van der Waals surface area (Å²) < 4.78 is 56.9. The third kappa shape index (κ3) is 18.0. The van der Waals surface area contributed by atoms with E-state index in [9.17, 15) is 9.59 Å². The predicted octanol–water partition coefficient (Wildman–Crippen LogP) is 15.3. The Morgan fingerprint density at radius 3 is 1.07 bits per heavy atom. The standard InChI is InChI=1S/C27H27FN10.C27H28N10.C26H28FN9O.C25H26FN9O/c1-15-18(12-33-25-24(15)31-5-4-27(25,2)28)20-9-16-10-21(32-13-19(16)26(29)34-20)35-22-11-17-3-7-37-8-6-30-23(37)14-38(17)36-22;1-15-3-5-30-26-16(2)19(12-32-25(15)26)21-9-17-10-22(31-13-20(17)27(28)33-21)34-23-11-18-4-7-36-8-6-29-24(36)14-37(18)35-23;1-14-17(11-31-24-23(14)29-6-5-26(24,2)27)19-8-15-9-20(30-12-18(15)25(28)32-19)33-21-10-16-4-7-35(3)22(37)13-36(16)34-21;1-13-16(10-31-23-22(13)29-6-4-25(23,2)26)18-7-14-8-19(30-11-17(14)24(27)32-18)33-20-9-15-3-5-28-21(36)12-35(15)34-20/h6,8-13,31H,3-5,7,14H2,1-2H3,(H2,29,34)(H,32,35,36);6,8-13,15,30H,3-5,7,14H2,1-2H3,(H2,28,33)(H,31,34,35);8-12,29H,4-7,13H2,1-3H3,(H2,28,32)(H,30,33,34);7-11,29H,3-6,12H2,1-2H3,(H2,27,32)(H,28,36)(H,30,33,34)/t;15-;;/m.0../s1. The zero-order valence-corrected chi connectivity index (χ0v) is 83.0. The van der Waals surface area contributed by atoms with Gasteiger partial charge in [-0.3, -0.25) is 48.3 Å². The van der Waals surface area contributed by atoms with Crippen LogP contribution in [0.25, 0.3) is 88.1 Å². The number of hydrogen-bond donors (Lipinski definition) is 13. The third-order valence-electron chi connectivity index (χ3n) is 29.3. The monoisotopic (exact) mass is 1990 g/mol. The molecular formula is C105H109F3N38O2. The highest BCUT2D eigenvalue weighted by molar-refractivity contribution is 5.99. The van der Waals surface area contributed by atoms with Crippen LogP contribution in [0.15, 0.2) is 147 Å². The number of pyridine rings is 12. The molecule has 40 nitrogen and oxygen atoms in total. The molecule has 0 aromatic carbocycles. The van der Waals surface area contributed by atoms with Crippen molar-refractivity contribution in [3.05, 3.63) is 227 Å². The number of halogens is 3. The summed E-state index contributed by atoms with van der Waals surface area (Å²) in [6.07, 6.45) is 26.9. The Bertz CT molecular complexity index is 8400. The lowest BCUT2D eigenvalue weighted by atomic mass is 9.91. The van der Waals surface area contributed by atoms with Crippen LogP contribution in [0.4, 0.5) is 106 Å². The Kier molecular flexibility index (Phi) is 23.7. The number of nitrogens with one attached hydrogen (secondary N) is 9. The Labute approximate surface area is 846 Å². The molecule has 0 saturated carbocycles. The number of imidazole rings is 2. The number of alkyl halides is 3. The lowest BCUT2D eigenvalue weighted by molar-refractivity contribution is -0.130. The highest BCUT2D eigenvalue weighted by atomic mass is 19.2. The predicted molar refractivity (Wildman–Crippen MR) is 564 cm³/mol. The van der Waals surface area contributed by atoms with Gasteiger partial charge in [0, 0.05) is 275 Å². The second kappa shape index (κ2) is 37.2. The number of nitrogens with zero attached hydrogens (tertiary/aromatic N) is 25. The van der Waals surface area contributed by atoms with Crippen LogP contribution in [-0.4, -0.2) is 181 Å². The van der Waals surface area contributed by atoms with E-state index in [2.05, 4.69) is 159 Å². The van der Waals surface area contributed by atoms with Gasteiger partial charge >= 0.3 is 0 Å². The van der Waals surface area contributed by atoms with Gasteiger partial charge < -0.3 is 84.8 Å². The number of aryl methyl sites for hydroxylation is 4. The molecule has 0 fully saturated rings. The first-order chi connectivity index (χ1) is 71.4. The summed E-state index contributed by atoms with van der Waals surface area (Å²) in [6.45, 7) is 22.2. The summed E-state index contributed by atoms with van der Waals surface area (Å²) in [5.74, 6) is 9.23. The highest BCUT2D eigenvalue weighted by Gasteiger charge is 2.39. The lowest BCUT2D eigenvalue weighted by Crippen LogP contribution is -2.29. The fraction of sp³-hybridized carbons (Fsp3) is 0.314. The molecule has 18 aromatic heterocycles. The normalized spacial score (nSPS) is 18.3. The minimum absolute atomic E-state index is 0.0334. The van der Waals surface area contributed by atoms with Crippen LogP contribution in [0.1, 0.15) is 139 Å². The van der Waals surface area contributed by atoms with E-state index in [1.165, 1.54) is 5.69 Å². The minimum Gasteiger partial charge on any atom is -0.383 e. The molecule has 26 rings (SSSR count). The molecular weight excluding hydrogens is 1880 g/mol. The first kappa shape index (κ1) is 94.0. The van der Waals surface area contributed by atoms with Crippen molar-refractivity contribution in [1.29, 1.82) is 0 Å². The molecule has 43 heteroatoms. The van der Waals surface area contributed by atoms with Crippen molar-refractivity contribution in [2.75, 3.05) is 112 Å². The van der Waals surface area contributed by atoms with Crippen molar-refractivity contribution in [3.63, 3.8) is 0 Å². The van der Waals surface area contributed by atoms with Gasteiger partial charge in [-0.25, -0.2) is 63.0 Å². The zero-order chi connectivity index (χ0) is 102. The van der Waals surface area contributed by atoms with Crippen molar-refractivity contribution in [2.24, 2.45) is 0 Å². The number of likely N-dealkylation sites (N-methyl/N-ethyl adjacent to an activating group) is 1. The number of hydrogen-bond acceptors (Lipinski definition) is 32. The SMILES string of the molecule is Cc1c(-c2cc3cc(Nc4cc5n(n4)CC(=O)N(C)CC5)ncc3c(N)n2)cnc2c1NCCC2(C)F.Cc1c(-c2cc3cc(Nc4cc5n(n4)CC(=O)NCC5)ncc3c(N)n2)cnc2c1NCCC2(C)F.Cc1c(-c2cc3cc(Nc4cc5n(n4)Cc4nccn4CC5)ncc3c(N)n2)cnc2c1NCCC2(C)F.Cc1c(-c2cc3cc(Nc4cc5n(n4)Cc4nccn4CC5)ncc3c(N)n2)cnc2c1NCC[C@@H]2C. The van der Waals surface area contributed by atoms with Crippen LogP contribution in [0.5, 0.6) is 0 Å². The summed E-state index contributed by atoms with van der Waals surface area (Å²) in [5.41, 5.74) is 40.9. The lowest BCUT2D eigenvalue weighted by Gasteiger charge is -2.30. The largest absolute Gasteiger partial charge is 0.383 e. The number of nitrogen functional groups attached to an aromatic ring is 4. The second-order valence-corrected chi connectivity index (χ2v) is 39.5. The number of carbonyl (C=O) groups excluding carboxylic acids is 2. The average molecular weight is 1990 g/mol. The van der Waals surface area contributed by atoms with Crippen LogP contribution in [-0.2, 0) is 91.5 Å². The second-order valence-electron chi connectivity index (χ2n) is 39.5. The van der Waals surface area contributed by atoms with Crippen LogP contribution < -0.4 is 70.8 Å². The maximum atomic E-state index is 15.1. The van der Waals surface area contributed by atoms with E-state index in [0.29, 0.717) is 170 Å². The molecule has 17 N–H and O–H groups in total. The molecule has 8 aliphatic rings. The van der Waals surface area contributed by atoms with E-state index in [0.717, 1.165) is 207 Å². The molecule has 2 amide bonds. The summed E-state index contributed by atoms with van der Waals surface area (Å²) in [6, 6.07) is 23.6. The third-order valence-corrected chi connectivity index (χ3v) is 29.3. The van der Waals surface area contributed by atoms with Crippen LogP contribution in [0, 0.1) is 27.7 Å². The number of rotatable bonds is 12. The van der Waals surface area contributed by atoms with E-state index >= 15 is 13.2 Å². The van der Waals surface area contributed by atoms with E-state index in [1.54, 1.807) is 85.5 Å². The van der Waals surface area contributed by atoms with Crippen LogP contribution >= 0.6 is 0 Å². The van der Waals surface area contributed by atoms with Gasteiger partial charge in [-0.2, -0.15) is 20.4 Å². The summed E-state index contributed by atoms with van der Waals surface area (Å²) in [5, 5.41) is 54.6. The number of nitrogens with two attached hydrogens (primary N) is 4. The summed E-state index contributed by atoms with van der Waals surface area (Å²) in [7, 11) is 1.80. The van der Waals surface area contributed by atoms with E-state index in [1.807, 2.05) is 116 Å². The van der Waals surface area contributed by atoms with Crippen molar-refractivity contribution in [3.8, 4) is 45.0 Å². The Balaban J connectivity index is 0.000000109. The molecule has 0 saturated heterocycles. The molecule has 0 bridgehead atoms. The summed E-state index contributed by atoms with van der Waals surface area (Å²) >= 11 is 0. The quantitative estimate of drug-likeness (QED) is 0.0540. The van der Waals surface area contributed by atoms with Crippen molar-refractivity contribution >= 4 is 147 Å². The van der Waals surface area contributed by atoms with Gasteiger partial charge in [0.2, 0.25) is 11.8 Å². The number of anilines is 16. The molecule has 3 unspecified atom stereocenters. The van der Waals surface area contributed by atoms with E-state index in [4.69, 9.17) is 43.1 Å². The smallest absolute Gasteiger partial charge is 0.244 e. The van der Waals surface area contributed by atoms with Crippen LogP contribution in [0.3, 0.4) is 0 Å². The van der Waals surface area contributed by atoms with Crippen molar-refractivity contribution < 1.29 is 22.8 Å². The fourth-order valence-electron chi connectivity index (χ4n) is 20.8. The molecule has 148 heavy (non-hydrogen) atoms. The zero-order valence-electron chi connectivity index (χ0n) is 83.0. The van der Waals surface area contributed by atoms with Gasteiger partial charge in [-0.1, -0.05) is 6.92 Å². The van der Waals surface area contributed by atoms with E-state index < -0.39 is 17.0 Å². The molecule has 752 valence electrons. The maximum absolute atomic E-state index is 15.1. The number of fused-ring (bicyclic) bond motifs is 14. The summed E-state index contributed by atoms with van der Waals surface area (Å²) in [4.78, 5) is 89.5. The highest BCUT2D eigenvalue weighted by Crippen LogP contribution is 2.47. The first-order valence-electron chi connectivity index (χ1n) is 49.5. The van der Waals surface area contributed by atoms with E-state index in [-0.39, 0.29) is 24.9 Å². The van der Waals surface area contributed by atoms with Gasteiger partial charge in [-0.15, -0.1) is 0 Å². The first-order valence-corrected chi connectivity index (χ1v) is 49.5. The van der Waals surface area contributed by atoms with Gasteiger partial charge in [-0.05, 0) is 147 Å². The number of carbonyl (C=O) groups is 2. The molecule has 0 aliphatic carbocycles. The number of aromatic nitrogens is 24. The minimum atomic E-state index is -1.47. The maximum Gasteiger partial charge on any atom is 0.244 e. The number of amides is 2. The molecule has 8 aliphatic heterocycles. The molecule has 18 aromatic rings. The van der Waals surface area contributed by atoms with Crippen molar-refractivity contribution in [1.82, 2.24) is 128 Å². The molecule has 4 atom stereocenters. The van der Waals surface area contributed by atoms with Gasteiger partial charge in [0.25, 0.3) is 0 Å². The van der Waals surface area contributed by atoms with Gasteiger partial charge in [0.05, 0.1) is 64.3 Å². The fourth-order valence-corrected chi connectivity index (χ4v) is 20.8. The average Bonchev–Trinajstić information content (AvgIpc) is 0.845. The van der Waals surface area contributed by atoms with Crippen molar-refractivity contribution in [2.45, 2.75) is 169 Å². The molecule has 0 spiro atoms. The Morgan fingerprint density at radius 2 is 0.696 bits per heavy atom. The van der Waals surface area contributed by atoms with Gasteiger partial charge in [0.15, 0.2) is 40.3 Å². The topological polar surface area (TPSA) is 511 Å². The van der Waals surface area contributed by atoms with Crippen LogP contribution in [0.2, 0.25) is 0 Å². The molecule has 26 heterocycles. The Hall–Kier alpha value is -17.6. The van der Waals surface area contributed by atoms with Gasteiger partial charge in [0.1, 0.15) is 88.4 Å². The molecule has 0 radical (unpaired) electrons. The Morgan fingerprint density at radius 1 is 0.365 bits per heavy atom.